The molecule has 0 saturated heterocycles. The molecular weight excluding hydrogens is 269 g/mol. The van der Waals surface area contributed by atoms with Gasteiger partial charge in [-0.2, -0.15) is 22.0 Å². The normalized spacial score (nSPS) is 25.2. The second kappa shape index (κ2) is 4.90. The lowest BCUT2D eigenvalue weighted by molar-refractivity contribution is -0.270. The van der Waals surface area contributed by atoms with E-state index in [1.54, 1.807) is 0 Å². The second-order valence-corrected chi connectivity index (χ2v) is 5.15. The van der Waals surface area contributed by atoms with Crippen molar-refractivity contribution >= 4 is 5.91 Å². The second-order valence-electron chi connectivity index (χ2n) is 5.15. The monoisotopic (exact) mass is 298 g/mol. The first-order valence-corrected chi connectivity index (χ1v) is 5.02. The number of hydrogen-bond acceptors (Lipinski definition) is 1. The van der Waals surface area contributed by atoms with E-state index in [-0.39, 0.29) is 0 Å². The van der Waals surface area contributed by atoms with Gasteiger partial charge in [-0.25, -0.2) is 0 Å². The van der Waals surface area contributed by atoms with Gasteiger partial charge in [-0.3, -0.25) is 4.79 Å². The van der Waals surface area contributed by atoms with E-state index in [1.807, 2.05) is 0 Å². The molecule has 0 aromatic rings. The summed E-state index contributed by atoms with van der Waals surface area (Å²) in [5.74, 6) is -9.07. The molecule has 0 rings (SSSR count). The molecule has 0 aliphatic rings. The predicted octanol–water partition coefficient (Wildman–Crippen LogP) is 3.76. The third kappa shape index (κ3) is 4.31. The lowest BCUT2D eigenvalue weighted by Crippen LogP contribution is -2.58. The Morgan fingerprint density at radius 2 is 1.42 bits per heavy atom. The van der Waals surface area contributed by atoms with Gasteiger partial charge in [0.2, 0.25) is 0 Å². The summed E-state index contributed by atoms with van der Waals surface area (Å²) in [6, 6.07) is -2.65. The van der Waals surface area contributed by atoms with E-state index in [0.29, 0.717) is 0 Å². The Balaban J connectivity index is 6.95. The summed E-state index contributed by atoms with van der Waals surface area (Å²) in [5, 5.41) is 1.08. The molecule has 0 saturated carbocycles. The van der Waals surface area contributed by atoms with Crippen molar-refractivity contribution in [1.29, 1.82) is 0 Å². The molecule has 1 unspecified atom stereocenters. The highest BCUT2D eigenvalue weighted by Crippen LogP contribution is 2.38. The molecular formula is C12H20F5NO. The van der Waals surface area contributed by atoms with Gasteiger partial charge in [0.1, 0.15) is 0 Å². The van der Waals surface area contributed by atoms with Crippen molar-refractivity contribution in [2.24, 2.45) is 10.8 Å². The van der Waals surface area contributed by atoms with Crippen molar-refractivity contribution in [3.63, 3.8) is 0 Å². The van der Waals surface area contributed by atoms with Crippen LogP contribution in [0.3, 0.4) is 0 Å². The molecule has 0 spiro atoms. The Morgan fingerprint density at radius 1 is 1.00 bits per heavy atom. The molecule has 0 aromatic heterocycles. The zero-order chi connectivity index (χ0) is 23.4. The van der Waals surface area contributed by atoms with Crippen LogP contribution >= 0.6 is 0 Å². The van der Waals surface area contributed by atoms with Crippen molar-refractivity contribution in [2.75, 3.05) is 0 Å². The van der Waals surface area contributed by atoms with E-state index in [0.717, 1.165) is 26.1 Å². The molecule has 1 atom stereocenters. The molecule has 1 amide bonds. The van der Waals surface area contributed by atoms with E-state index in [2.05, 4.69) is 0 Å². The smallest absolute Gasteiger partial charge is 0.347 e. The van der Waals surface area contributed by atoms with Gasteiger partial charge in [0, 0.05) is 18.4 Å². The fourth-order valence-electron chi connectivity index (χ4n) is 1.32. The quantitative estimate of drug-likeness (QED) is 0.773. The minimum Gasteiger partial charge on any atom is -0.347 e. The highest BCUT2D eigenvalue weighted by atomic mass is 19.4. The average Bonchev–Trinajstić information content (AvgIpc) is 2.29. The molecule has 1 N–H and O–H groups in total. The maximum atomic E-state index is 13.4. The first-order chi connectivity index (χ1) is 11.8. The lowest BCUT2D eigenvalue weighted by atomic mass is 9.72. The summed E-state index contributed by atoms with van der Waals surface area (Å²) in [7, 11) is 0. The maximum absolute atomic E-state index is 13.4. The predicted molar refractivity (Wildman–Crippen MR) is 61.8 cm³/mol. The first-order valence-electron chi connectivity index (χ1n) is 9.52. The summed E-state index contributed by atoms with van der Waals surface area (Å²) >= 11 is 0. The number of carbonyl (C=O) groups is 1. The van der Waals surface area contributed by atoms with Crippen LogP contribution in [0, 0.1) is 10.8 Å². The topological polar surface area (TPSA) is 29.1 Å². The summed E-state index contributed by atoms with van der Waals surface area (Å²) in [6.45, 7) is -8.74. The molecule has 0 aromatic carbocycles. The molecule has 114 valence electrons. The lowest BCUT2D eigenvalue weighted by Gasteiger charge is -2.41. The average molecular weight is 298 g/mol. The SMILES string of the molecule is [2H]C([2H])([2H])C(C(NC(=O)C(F)(F)C(F)(F)F)C(C)(C)C)(C([2H])([2H])[2H])C([2H])([2H])[2H]. The van der Waals surface area contributed by atoms with Crippen LogP contribution in [0.15, 0.2) is 0 Å². The minimum atomic E-state index is -6.37. The van der Waals surface area contributed by atoms with Gasteiger partial charge in [0.15, 0.2) is 0 Å². The van der Waals surface area contributed by atoms with E-state index >= 15 is 0 Å². The van der Waals surface area contributed by atoms with E-state index < -0.39 is 55.4 Å². The standard InChI is InChI=1S/C12H20F5NO/c1-9(2,3)7(10(4,5)6)18-8(19)11(13,14)12(15,16)17/h7H,1-6H3,(H,18,19)/i1D3,2D3,3D3. The molecule has 0 aliphatic heterocycles. The fraction of sp³-hybridized carbons (Fsp3) is 0.917. The van der Waals surface area contributed by atoms with Crippen molar-refractivity contribution in [3.05, 3.63) is 0 Å². The van der Waals surface area contributed by atoms with Gasteiger partial charge >= 0.3 is 18.0 Å². The van der Waals surface area contributed by atoms with E-state index in [4.69, 9.17) is 12.3 Å². The van der Waals surface area contributed by atoms with Crippen molar-refractivity contribution in [1.82, 2.24) is 5.32 Å². The number of hydrogen-bond donors (Lipinski definition) is 1. The Morgan fingerprint density at radius 3 is 1.68 bits per heavy atom. The zero-order valence-corrected chi connectivity index (χ0v) is 10.4. The van der Waals surface area contributed by atoms with Crippen LogP contribution < -0.4 is 5.32 Å². The van der Waals surface area contributed by atoms with E-state index in [9.17, 15) is 26.7 Å². The number of carbonyl (C=O) groups excluding carboxylic acids is 1. The van der Waals surface area contributed by atoms with Crippen molar-refractivity contribution in [3.8, 4) is 0 Å². The van der Waals surface area contributed by atoms with Gasteiger partial charge in [0.25, 0.3) is 0 Å². The van der Waals surface area contributed by atoms with Gasteiger partial charge in [-0.15, -0.1) is 0 Å². The Labute approximate surface area is 122 Å². The van der Waals surface area contributed by atoms with Crippen LogP contribution in [0.5, 0.6) is 0 Å². The van der Waals surface area contributed by atoms with Crippen LogP contribution in [0.25, 0.3) is 0 Å². The molecule has 0 aliphatic carbocycles. The summed E-state index contributed by atoms with van der Waals surface area (Å²) in [5.41, 5.74) is -5.71. The van der Waals surface area contributed by atoms with Gasteiger partial charge < -0.3 is 5.32 Å². The fourth-order valence-corrected chi connectivity index (χ4v) is 1.32. The molecule has 0 bridgehead atoms. The summed E-state index contributed by atoms with van der Waals surface area (Å²) in [4.78, 5) is 11.7. The molecule has 0 radical (unpaired) electrons. The van der Waals surface area contributed by atoms with Crippen LogP contribution in [-0.4, -0.2) is 24.0 Å². The first kappa shape index (κ1) is 7.78. The zero-order valence-electron chi connectivity index (χ0n) is 19.4. The minimum absolute atomic E-state index is 1.00. The largest absolute Gasteiger partial charge is 0.463 e. The van der Waals surface area contributed by atoms with Crippen LogP contribution in [0.1, 0.15) is 53.7 Å². The highest BCUT2D eigenvalue weighted by molar-refractivity contribution is 5.84. The van der Waals surface area contributed by atoms with Gasteiger partial charge in [0.05, 0.1) is 0 Å². The number of halogens is 5. The van der Waals surface area contributed by atoms with Gasteiger partial charge in [-0.05, 0) is 10.8 Å². The molecule has 7 heteroatoms. The molecule has 19 heavy (non-hydrogen) atoms. The third-order valence-corrected chi connectivity index (χ3v) is 2.22. The van der Waals surface area contributed by atoms with E-state index in [1.165, 1.54) is 0 Å². The molecule has 2 nitrogen and oxygen atoms in total. The Hall–Kier alpha value is -0.880. The third-order valence-electron chi connectivity index (χ3n) is 2.22. The summed E-state index contributed by atoms with van der Waals surface area (Å²) in [6.07, 6.45) is -6.37. The highest BCUT2D eigenvalue weighted by Gasteiger charge is 2.64. The Kier molecular flexibility index (Phi) is 2.01. The summed E-state index contributed by atoms with van der Waals surface area (Å²) < 4.78 is 132. The number of rotatable bonds is 2. The van der Waals surface area contributed by atoms with Crippen molar-refractivity contribution in [2.45, 2.75) is 59.5 Å². The van der Waals surface area contributed by atoms with Crippen LogP contribution in [-0.2, 0) is 4.79 Å². The molecule has 0 fully saturated rings. The maximum Gasteiger partial charge on any atom is 0.463 e. The number of alkyl halides is 5. The van der Waals surface area contributed by atoms with Crippen LogP contribution in [0.2, 0.25) is 0 Å². The van der Waals surface area contributed by atoms with Gasteiger partial charge in [-0.1, -0.05) is 41.3 Å². The number of amides is 1. The van der Waals surface area contributed by atoms with Crippen LogP contribution in [0.4, 0.5) is 22.0 Å². The number of nitrogens with one attached hydrogen (secondary N) is 1. The van der Waals surface area contributed by atoms with Crippen molar-refractivity contribution < 1.29 is 39.1 Å². The Bertz CT molecular complexity index is 551. The molecule has 0 heterocycles.